The third-order valence-corrected chi connectivity index (χ3v) is 5.38. The number of oxazole rings is 1. The van der Waals surface area contributed by atoms with Crippen LogP contribution in [0.2, 0.25) is 0 Å². The molecular weight excluding hydrogens is 378 g/mol. The van der Waals surface area contributed by atoms with E-state index in [-0.39, 0.29) is 17.4 Å². The topological polar surface area (TPSA) is 74.4 Å². The largest absolute Gasteiger partial charge is 0.507 e. The lowest BCUT2D eigenvalue weighted by atomic mass is 10.0. The van der Waals surface area contributed by atoms with Crippen LogP contribution in [0.25, 0.3) is 22.5 Å². The van der Waals surface area contributed by atoms with Crippen LogP contribution in [0.4, 0.5) is 14.8 Å². The molecule has 0 amide bonds. The number of hydrogen-bond donors (Lipinski definition) is 2. The molecule has 2 aromatic heterocycles. The monoisotopic (exact) mass is 402 g/mol. The van der Waals surface area contributed by atoms with E-state index in [1.165, 1.54) is 6.07 Å². The number of likely N-dealkylation sites (tertiary alicyclic amines) is 1. The van der Waals surface area contributed by atoms with Crippen LogP contribution < -0.4 is 5.32 Å². The van der Waals surface area contributed by atoms with Gasteiger partial charge in [-0.2, -0.15) is 4.98 Å². The number of likely N-dealkylation sites (N-methyl/N-ethyl adjacent to an activating group) is 1. The normalized spacial score (nSPS) is 17.9. The van der Waals surface area contributed by atoms with E-state index in [0.717, 1.165) is 38.5 Å². The standard InChI is InChI=1S/C21H24F2N4O2/c1-3-27-8-4-5-14(11-27)24-21-26-20-17(29-21)7-6-15(25-20)18-12(2)9-13(19(22)23)10-16(18)28/h6-7,9-10,14,19,28H,3-5,8,11H2,1-2H3,(H,24,25,26)/t14-/m1/s1. The molecule has 0 spiro atoms. The summed E-state index contributed by atoms with van der Waals surface area (Å²) < 4.78 is 31.7. The van der Waals surface area contributed by atoms with Crippen molar-refractivity contribution in [2.45, 2.75) is 39.2 Å². The molecule has 0 radical (unpaired) electrons. The fourth-order valence-corrected chi connectivity index (χ4v) is 3.91. The van der Waals surface area contributed by atoms with Gasteiger partial charge in [0.15, 0.2) is 5.58 Å². The van der Waals surface area contributed by atoms with E-state index in [9.17, 15) is 13.9 Å². The van der Waals surface area contributed by atoms with Gasteiger partial charge in [-0.1, -0.05) is 6.92 Å². The number of rotatable bonds is 5. The van der Waals surface area contributed by atoms with Gasteiger partial charge < -0.3 is 19.7 Å². The molecule has 1 atom stereocenters. The van der Waals surface area contributed by atoms with Gasteiger partial charge in [-0.15, -0.1) is 0 Å². The number of hydrogen-bond acceptors (Lipinski definition) is 6. The van der Waals surface area contributed by atoms with E-state index in [1.807, 2.05) is 0 Å². The summed E-state index contributed by atoms with van der Waals surface area (Å²) in [5.41, 5.74) is 2.12. The summed E-state index contributed by atoms with van der Waals surface area (Å²) in [6.07, 6.45) is -0.463. The maximum atomic E-state index is 13.0. The molecule has 0 aliphatic carbocycles. The van der Waals surface area contributed by atoms with Crippen LogP contribution >= 0.6 is 0 Å². The lowest BCUT2D eigenvalue weighted by Gasteiger charge is -2.31. The zero-order chi connectivity index (χ0) is 20.5. The molecule has 1 fully saturated rings. The first-order valence-electron chi connectivity index (χ1n) is 9.83. The molecule has 1 aliphatic heterocycles. The van der Waals surface area contributed by atoms with Crippen LogP contribution in [-0.4, -0.2) is 45.7 Å². The van der Waals surface area contributed by atoms with Crippen molar-refractivity contribution in [3.63, 3.8) is 0 Å². The number of nitrogens with zero attached hydrogens (tertiary/aromatic N) is 3. The van der Waals surface area contributed by atoms with Crippen molar-refractivity contribution in [3.05, 3.63) is 35.4 Å². The highest BCUT2D eigenvalue weighted by Crippen LogP contribution is 2.36. The van der Waals surface area contributed by atoms with E-state index in [4.69, 9.17) is 4.42 Å². The minimum atomic E-state index is -2.64. The van der Waals surface area contributed by atoms with Crippen LogP contribution in [0.15, 0.2) is 28.7 Å². The number of halogens is 2. The van der Waals surface area contributed by atoms with E-state index in [0.29, 0.717) is 34.1 Å². The molecular formula is C21H24F2N4O2. The molecule has 1 saturated heterocycles. The Labute approximate surface area is 167 Å². The Morgan fingerprint density at radius 1 is 1.31 bits per heavy atom. The first-order valence-corrected chi connectivity index (χ1v) is 9.83. The molecule has 0 unspecified atom stereocenters. The number of phenols is 1. The van der Waals surface area contributed by atoms with Crippen molar-refractivity contribution < 1.29 is 18.3 Å². The van der Waals surface area contributed by atoms with Crippen molar-refractivity contribution >= 4 is 17.2 Å². The smallest absolute Gasteiger partial charge is 0.297 e. The van der Waals surface area contributed by atoms with E-state index in [2.05, 4.69) is 27.1 Å². The molecule has 2 N–H and O–H groups in total. The Kier molecular flexibility index (Phi) is 5.36. The summed E-state index contributed by atoms with van der Waals surface area (Å²) >= 11 is 0. The minimum Gasteiger partial charge on any atom is -0.507 e. The van der Waals surface area contributed by atoms with Gasteiger partial charge in [0.25, 0.3) is 12.4 Å². The number of aromatic nitrogens is 2. The first-order chi connectivity index (χ1) is 13.9. The molecule has 6 nitrogen and oxygen atoms in total. The summed E-state index contributed by atoms with van der Waals surface area (Å²) in [5, 5.41) is 13.6. The summed E-state index contributed by atoms with van der Waals surface area (Å²) in [6, 6.07) is 6.56. The number of alkyl halides is 2. The number of piperidine rings is 1. The molecule has 0 bridgehead atoms. The van der Waals surface area contributed by atoms with Crippen LogP contribution in [-0.2, 0) is 0 Å². The van der Waals surface area contributed by atoms with Crippen LogP contribution in [0.5, 0.6) is 5.75 Å². The maximum Gasteiger partial charge on any atom is 0.297 e. The fraction of sp³-hybridized carbons (Fsp3) is 0.429. The second kappa shape index (κ2) is 7.94. The minimum absolute atomic E-state index is 0.216. The summed E-state index contributed by atoms with van der Waals surface area (Å²) in [6.45, 7) is 6.89. The molecule has 3 heterocycles. The van der Waals surface area contributed by atoms with Gasteiger partial charge in [-0.25, -0.2) is 13.8 Å². The number of nitrogens with one attached hydrogen (secondary N) is 1. The molecule has 0 saturated carbocycles. The number of anilines is 1. The van der Waals surface area contributed by atoms with Gasteiger partial charge in [0.1, 0.15) is 5.75 Å². The second-order valence-electron chi connectivity index (χ2n) is 7.45. The lowest BCUT2D eigenvalue weighted by molar-refractivity contribution is 0.151. The SMILES string of the molecule is CCN1CCC[C@@H](Nc2nc3nc(-c4c(C)cc(C(F)F)cc4O)ccc3o2)C1. The van der Waals surface area contributed by atoms with Gasteiger partial charge in [0, 0.05) is 23.7 Å². The first kappa shape index (κ1) is 19.6. The van der Waals surface area contributed by atoms with Gasteiger partial charge in [-0.3, -0.25) is 0 Å². The van der Waals surface area contributed by atoms with Gasteiger partial charge >= 0.3 is 0 Å². The zero-order valence-corrected chi connectivity index (χ0v) is 16.5. The summed E-state index contributed by atoms with van der Waals surface area (Å²) in [5.74, 6) is -0.226. The molecule has 29 heavy (non-hydrogen) atoms. The number of phenolic OH excluding ortho intramolecular Hbond substituents is 1. The van der Waals surface area contributed by atoms with Crippen molar-refractivity contribution in [2.24, 2.45) is 0 Å². The number of aryl methyl sites for hydroxylation is 1. The van der Waals surface area contributed by atoms with Crippen molar-refractivity contribution in [1.29, 1.82) is 0 Å². The van der Waals surface area contributed by atoms with Crippen molar-refractivity contribution in [3.8, 4) is 17.0 Å². The highest BCUT2D eigenvalue weighted by atomic mass is 19.3. The molecule has 154 valence electrons. The summed E-state index contributed by atoms with van der Waals surface area (Å²) in [4.78, 5) is 11.3. The lowest BCUT2D eigenvalue weighted by Crippen LogP contribution is -2.41. The van der Waals surface area contributed by atoms with Gasteiger partial charge in [0.05, 0.1) is 5.69 Å². The number of aromatic hydroxyl groups is 1. The molecule has 1 aromatic carbocycles. The van der Waals surface area contributed by atoms with Gasteiger partial charge in [0.2, 0.25) is 5.65 Å². The average Bonchev–Trinajstić information content (AvgIpc) is 3.09. The predicted octanol–water partition coefficient (Wildman–Crippen LogP) is 4.74. The van der Waals surface area contributed by atoms with Crippen LogP contribution in [0, 0.1) is 6.92 Å². The van der Waals surface area contributed by atoms with E-state index >= 15 is 0 Å². The predicted molar refractivity (Wildman–Crippen MR) is 107 cm³/mol. The average molecular weight is 402 g/mol. The quantitative estimate of drug-likeness (QED) is 0.642. The number of fused-ring (bicyclic) bond motifs is 1. The van der Waals surface area contributed by atoms with Crippen LogP contribution in [0.1, 0.15) is 37.3 Å². The highest BCUT2D eigenvalue weighted by molar-refractivity contribution is 5.78. The number of pyridine rings is 1. The Bertz CT molecular complexity index is 998. The fourth-order valence-electron chi connectivity index (χ4n) is 3.91. The second-order valence-corrected chi connectivity index (χ2v) is 7.45. The van der Waals surface area contributed by atoms with E-state index < -0.39 is 6.43 Å². The van der Waals surface area contributed by atoms with E-state index in [1.54, 1.807) is 19.1 Å². The molecule has 3 aromatic rings. The molecule has 1 aliphatic rings. The third-order valence-electron chi connectivity index (χ3n) is 5.38. The van der Waals surface area contributed by atoms with Crippen LogP contribution in [0.3, 0.4) is 0 Å². The Morgan fingerprint density at radius 2 is 2.14 bits per heavy atom. The van der Waals surface area contributed by atoms with Crippen molar-refractivity contribution in [1.82, 2.24) is 14.9 Å². The molecule has 8 heteroatoms. The van der Waals surface area contributed by atoms with Gasteiger partial charge in [-0.05, 0) is 62.7 Å². The van der Waals surface area contributed by atoms with Crippen molar-refractivity contribution in [2.75, 3.05) is 25.0 Å². The zero-order valence-electron chi connectivity index (χ0n) is 16.5. The Hall–Kier alpha value is -2.74. The highest BCUT2D eigenvalue weighted by Gasteiger charge is 2.21. The maximum absolute atomic E-state index is 13.0. The Morgan fingerprint density at radius 3 is 2.86 bits per heavy atom. The summed E-state index contributed by atoms with van der Waals surface area (Å²) in [7, 11) is 0. The third kappa shape index (κ3) is 4.03. The Balaban J connectivity index is 1.61. The molecule has 4 rings (SSSR count). The number of benzene rings is 1.